The predicted molar refractivity (Wildman–Crippen MR) is 67.1 cm³/mol. The van der Waals surface area contributed by atoms with Crippen molar-refractivity contribution in [3.8, 4) is 0 Å². The Kier molecular flexibility index (Phi) is 4.17. The zero-order valence-electron chi connectivity index (χ0n) is 10.7. The zero-order chi connectivity index (χ0) is 14.8. The van der Waals surface area contributed by atoms with E-state index in [-0.39, 0.29) is 11.5 Å². The average molecular weight is 288 g/mol. The molecule has 1 atom stereocenters. The number of benzene rings is 1. The Morgan fingerprint density at radius 3 is 2.80 bits per heavy atom. The topological polar surface area (TPSA) is 64.4 Å². The Balaban J connectivity index is 2.09. The van der Waals surface area contributed by atoms with Crippen molar-refractivity contribution >= 4 is 11.6 Å². The number of anilines is 1. The van der Waals surface area contributed by atoms with Crippen LogP contribution in [-0.2, 0) is 10.9 Å². The molecular formula is C13H15F3N2O2. The summed E-state index contributed by atoms with van der Waals surface area (Å²) in [7, 11) is 0. The number of carbonyl (C=O) groups excluding carboxylic acids is 1. The second-order valence-electron chi connectivity index (χ2n) is 4.70. The summed E-state index contributed by atoms with van der Waals surface area (Å²) in [5.41, 5.74) is 3.76. The van der Waals surface area contributed by atoms with E-state index in [2.05, 4.69) is 5.32 Å². The van der Waals surface area contributed by atoms with Crippen LogP contribution in [0.2, 0.25) is 0 Å². The van der Waals surface area contributed by atoms with Crippen molar-refractivity contribution in [3.05, 3.63) is 29.3 Å². The van der Waals surface area contributed by atoms with E-state index in [1.807, 2.05) is 0 Å². The fraction of sp³-hybridized carbons (Fsp3) is 0.462. The SMILES string of the molecule is Nc1c(C(=O)NCC2CCOC2)cccc1C(F)(F)F. The summed E-state index contributed by atoms with van der Waals surface area (Å²) in [4.78, 5) is 11.9. The lowest BCUT2D eigenvalue weighted by molar-refractivity contribution is -0.136. The molecule has 20 heavy (non-hydrogen) atoms. The number of hydrogen-bond donors (Lipinski definition) is 2. The Hall–Kier alpha value is -1.76. The van der Waals surface area contributed by atoms with Crippen molar-refractivity contribution in [1.29, 1.82) is 0 Å². The van der Waals surface area contributed by atoms with Gasteiger partial charge in [0.1, 0.15) is 0 Å². The minimum absolute atomic E-state index is 0.154. The molecule has 2 rings (SSSR count). The van der Waals surface area contributed by atoms with Crippen molar-refractivity contribution < 1.29 is 22.7 Å². The molecule has 110 valence electrons. The number of ether oxygens (including phenoxy) is 1. The number of para-hydroxylation sites is 1. The molecule has 4 nitrogen and oxygen atoms in total. The van der Waals surface area contributed by atoms with Crippen LogP contribution in [0.5, 0.6) is 0 Å². The van der Waals surface area contributed by atoms with Crippen molar-refractivity contribution in [1.82, 2.24) is 5.32 Å². The molecule has 0 aromatic heterocycles. The maximum absolute atomic E-state index is 12.7. The first-order chi connectivity index (χ1) is 9.39. The molecule has 1 aromatic carbocycles. The van der Waals surface area contributed by atoms with E-state index in [0.29, 0.717) is 19.8 Å². The molecule has 1 aliphatic heterocycles. The molecule has 0 aliphatic carbocycles. The molecule has 1 saturated heterocycles. The van der Waals surface area contributed by atoms with E-state index in [1.165, 1.54) is 12.1 Å². The molecule has 1 fully saturated rings. The smallest absolute Gasteiger partial charge is 0.398 e. The van der Waals surface area contributed by atoms with Gasteiger partial charge in [-0.1, -0.05) is 6.07 Å². The highest BCUT2D eigenvalue weighted by Crippen LogP contribution is 2.34. The Morgan fingerprint density at radius 2 is 2.20 bits per heavy atom. The van der Waals surface area contributed by atoms with Gasteiger partial charge in [-0.2, -0.15) is 13.2 Å². The lowest BCUT2D eigenvalue weighted by atomic mass is 10.1. The van der Waals surface area contributed by atoms with E-state index in [0.717, 1.165) is 12.5 Å². The molecule has 0 spiro atoms. The van der Waals surface area contributed by atoms with Crippen LogP contribution in [0, 0.1) is 5.92 Å². The van der Waals surface area contributed by atoms with Gasteiger partial charge in [0, 0.05) is 19.1 Å². The quantitative estimate of drug-likeness (QED) is 0.837. The van der Waals surface area contributed by atoms with E-state index < -0.39 is 23.3 Å². The van der Waals surface area contributed by atoms with Crippen LogP contribution >= 0.6 is 0 Å². The van der Waals surface area contributed by atoms with Gasteiger partial charge in [-0.3, -0.25) is 4.79 Å². The summed E-state index contributed by atoms with van der Waals surface area (Å²) in [6.07, 6.45) is -3.74. The third-order valence-electron chi connectivity index (χ3n) is 3.23. The highest BCUT2D eigenvalue weighted by molar-refractivity contribution is 5.99. The Labute approximate surface area is 114 Å². The number of carbonyl (C=O) groups is 1. The van der Waals surface area contributed by atoms with Crippen LogP contribution in [0.15, 0.2) is 18.2 Å². The third-order valence-corrected chi connectivity index (χ3v) is 3.23. The molecular weight excluding hydrogens is 273 g/mol. The fourth-order valence-electron chi connectivity index (χ4n) is 2.09. The molecule has 3 N–H and O–H groups in total. The van der Waals surface area contributed by atoms with E-state index in [4.69, 9.17) is 10.5 Å². The van der Waals surface area contributed by atoms with Crippen LogP contribution in [0.4, 0.5) is 18.9 Å². The van der Waals surface area contributed by atoms with Crippen LogP contribution in [-0.4, -0.2) is 25.7 Å². The molecule has 0 radical (unpaired) electrons. The first-order valence-corrected chi connectivity index (χ1v) is 6.21. The monoisotopic (exact) mass is 288 g/mol. The van der Waals surface area contributed by atoms with Gasteiger partial charge < -0.3 is 15.8 Å². The second kappa shape index (κ2) is 5.70. The summed E-state index contributed by atoms with van der Waals surface area (Å²) >= 11 is 0. The molecule has 1 heterocycles. The van der Waals surface area contributed by atoms with Crippen molar-refractivity contribution in [2.45, 2.75) is 12.6 Å². The largest absolute Gasteiger partial charge is 0.418 e. The second-order valence-corrected chi connectivity index (χ2v) is 4.70. The lowest BCUT2D eigenvalue weighted by Gasteiger charge is -2.14. The number of halogens is 3. The highest BCUT2D eigenvalue weighted by atomic mass is 19.4. The standard InChI is InChI=1S/C13H15F3N2O2/c14-13(15,16)10-3-1-2-9(11(10)17)12(19)18-6-8-4-5-20-7-8/h1-3,8H,4-7,17H2,(H,18,19). The number of hydrogen-bond acceptors (Lipinski definition) is 3. The molecule has 0 bridgehead atoms. The summed E-state index contributed by atoms with van der Waals surface area (Å²) in [6, 6.07) is 3.31. The Bertz CT molecular complexity index is 497. The minimum atomic E-state index is -4.57. The molecule has 1 unspecified atom stereocenters. The fourth-order valence-corrected chi connectivity index (χ4v) is 2.09. The average Bonchev–Trinajstić information content (AvgIpc) is 2.88. The molecule has 1 aliphatic rings. The minimum Gasteiger partial charge on any atom is -0.398 e. The van der Waals surface area contributed by atoms with Gasteiger partial charge in [0.25, 0.3) is 5.91 Å². The van der Waals surface area contributed by atoms with Crippen LogP contribution < -0.4 is 11.1 Å². The van der Waals surface area contributed by atoms with Gasteiger partial charge in [-0.25, -0.2) is 0 Å². The van der Waals surface area contributed by atoms with Gasteiger partial charge in [0.15, 0.2) is 0 Å². The number of nitrogens with one attached hydrogen (secondary N) is 1. The summed E-state index contributed by atoms with van der Waals surface area (Å²) in [5, 5.41) is 2.59. The third kappa shape index (κ3) is 3.22. The lowest BCUT2D eigenvalue weighted by Crippen LogP contribution is -2.30. The molecule has 1 aromatic rings. The maximum atomic E-state index is 12.7. The van der Waals surface area contributed by atoms with Gasteiger partial charge in [0.2, 0.25) is 0 Å². The summed E-state index contributed by atoms with van der Waals surface area (Å²) in [6.45, 7) is 1.57. The normalized spacial score (nSPS) is 19.1. The van der Waals surface area contributed by atoms with E-state index in [9.17, 15) is 18.0 Å². The molecule has 1 amide bonds. The number of alkyl halides is 3. The molecule has 7 heteroatoms. The number of nitrogens with two attached hydrogens (primary N) is 1. The van der Waals surface area contributed by atoms with Gasteiger partial charge in [-0.05, 0) is 18.6 Å². The Morgan fingerprint density at radius 1 is 1.45 bits per heavy atom. The van der Waals surface area contributed by atoms with Crippen LogP contribution in [0.1, 0.15) is 22.3 Å². The first kappa shape index (κ1) is 14.6. The summed E-state index contributed by atoms with van der Waals surface area (Å²) < 4.78 is 43.2. The van der Waals surface area contributed by atoms with Crippen molar-refractivity contribution in [3.63, 3.8) is 0 Å². The van der Waals surface area contributed by atoms with E-state index >= 15 is 0 Å². The van der Waals surface area contributed by atoms with E-state index in [1.54, 1.807) is 0 Å². The highest BCUT2D eigenvalue weighted by Gasteiger charge is 2.34. The van der Waals surface area contributed by atoms with Crippen LogP contribution in [0.3, 0.4) is 0 Å². The predicted octanol–water partition coefficient (Wildman–Crippen LogP) is 2.05. The number of amides is 1. The summed E-state index contributed by atoms with van der Waals surface area (Å²) in [5.74, 6) is -0.397. The number of nitrogen functional groups attached to an aromatic ring is 1. The van der Waals surface area contributed by atoms with Gasteiger partial charge in [-0.15, -0.1) is 0 Å². The van der Waals surface area contributed by atoms with Crippen molar-refractivity contribution in [2.24, 2.45) is 5.92 Å². The maximum Gasteiger partial charge on any atom is 0.418 e. The molecule has 0 saturated carbocycles. The van der Waals surface area contributed by atoms with Gasteiger partial charge >= 0.3 is 6.18 Å². The van der Waals surface area contributed by atoms with Crippen molar-refractivity contribution in [2.75, 3.05) is 25.5 Å². The number of rotatable bonds is 3. The van der Waals surface area contributed by atoms with Gasteiger partial charge in [0.05, 0.1) is 23.4 Å². The van der Waals surface area contributed by atoms with Crippen LogP contribution in [0.25, 0.3) is 0 Å². The first-order valence-electron chi connectivity index (χ1n) is 6.21. The zero-order valence-corrected chi connectivity index (χ0v) is 10.7.